The van der Waals surface area contributed by atoms with Gasteiger partial charge in [-0.3, -0.25) is 9.59 Å². The Balaban J connectivity index is 1.57. The molecule has 0 radical (unpaired) electrons. The summed E-state index contributed by atoms with van der Waals surface area (Å²) < 4.78 is 39.5. The van der Waals surface area contributed by atoms with E-state index in [0.717, 1.165) is 21.7 Å². The van der Waals surface area contributed by atoms with Crippen molar-refractivity contribution in [3.05, 3.63) is 71.0 Å². The second kappa shape index (κ2) is 8.14. The lowest BCUT2D eigenvalue weighted by molar-refractivity contribution is -0.122. The molecule has 0 spiro atoms. The number of ketones is 1. The zero-order valence-electron chi connectivity index (χ0n) is 18.5. The predicted octanol–water partition coefficient (Wildman–Crippen LogP) is 3.07. The van der Waals surface area contributed by atoms with Gasteiger partial charge in [0.15, 0.2) is 11.5 Å². The number of benzene rings is 1. The number of hydrogen-bond donors (Lipinski definition) is 2. The van der Waals surface area contributed by atoms with Gasteiger partial charge in [0.25, 0.3) is 5.91 Å². The van der Waals surface area contributed by atoms with E-state index in [1.807, 2.05) is 30.3 Å². The molecule has 2 aliphatic rings. The summed E-state index contributed by atoms with van der Waals surface area (Å²) in [5, 5.41) is 2.53. The summed E-state index contributed by atoms with van der Waals surface area (Å²) in [5.74, 6) is -0.795. The van der Waals surface area contributed by atoms with Crippen molar-refractivity contribution in [3.63, 3.8) is 0 Å². The summed E-state index contributed by atoms with van der Waals surface area (Å²) in [6.07, 6.45) is 3.42. The van der Waals surface area contributed by atoms with Crippen molar-refractivity contribution in [2.75, 3.05) is 18.1 Å². The van der Waals surface area contributed by atoms with Gasteiger partial charge < -0.3 is 10.3 Å². The van der Waals surface area contributed by atoms with Crippen molar-refractivity contribution in [3.8, 4) is 11.3 Å². The number of halogens is 1. The molecule has 1 aromatic carbocycles. The third-order valence-corrected chi connectivity index (χ3v) is 7.39. The predicted molar refractivity (Wildman–Crippen MR) is 125 cm³/mol. The van der Waals surface area contributed by atoms with E-state index in [-0.39, 0.29) is 37.5 Å². The molecule has 34 heavy (non-hydrogen) atoms. The third kappa shape index (κ3) is 4.26. The minimum atomic E-state index is -3.56. The van der Waals surface area contributed by atoms with Gasteiger partial charge in [-0.1, -0.05) is 30.3 Å². The molecular formula is C24H23FN4O4S. The number of aromatic amines is 1. The molecule has 3 heterocycles. The Bertz CT molecular complexity index is 1400. The highest BCUT2D eigenvalue weighted by atomic mass is 32.2. The van der Waals surface area contributed by atoms with Crippen LogP contribution in [0.5, 0.6) is 0 Å². The van der Waals surface area contributed by atoms with Crippen molar-refractivity contribution in [2.24, 2.45) is 0 Å². The molecular weight excluding hydrogens is 459 g/mol. The van der Waals surface area contributed by atoms with Gasteiger partial charge in [-0.25, -0.2) is 17.8 Å². The van der Waals surface area contributed by atoms with Crippen molar-refractivity contribution in [1.82, 2.24) is 14.3 Å². The van der Waals surface area contributed by atoms with Crippen LogP contribution in [0.3, 0.4) is 0 Å². The molecule has 1 aliphatic heterocycles. The topological polar surface area (TPSA) is 112 Å². The minimum Gasteiger partial charge on any atom is -0.356 e. The number of nitrogens with one attached hydrogen (secondary N) is 2. The molecule has 2 aromatic heterocycles. The van der Waals surface area contributed by atoms with E-state index < -0.39 is 21.6 Å². The van der Waals surface area contributed by atoms with E-state index >= 15 is 0 Å². The minimum absolute atomic E-state index is 0.0563. The van der Waals surface area contributed by atoms with Crippen LogP contribution in [0.15, 0.2) is 48.7 Å². The number of rotatable bonds is 6. The Labute approximate surface area is 196 Å². The van der Waals surface area contributed by atoms with Crippen molar-refractivity contribution >= 4 is 27.5 Å². The molecule has 10 heteroatoms. The average molecular weight is 483 g/mol. The maximum atomic E-state index is 14.1. The Kier molecular flexibility index (Phi) is 5.37. The molecule has 176 valence electrons. The summed E-state index contributed by atoms with van der Waals surface area (Å²) in [6.45, 7) is -0.165. The molecule has 5 rings (SSSR count). The van der Waals surface area contributed by atoms with Gasteiger partial charge in [-0.05, 0) is 36.1 Å². The molecule has 0 unspecified atom stereocenters. The molecule has 1 fully saturated rings. The number of alkyl halides is 1. The van der Waals surface area contributed by atoms with E-state index in [2.05, 4.69) is 15.3 Å². The average Bonchev–Trinajstić information content (AvgIpc) is 3.45. The Morgan fingerprint density at radius 1 is 1.21 bits per heavy atom. The van der Waals surface area contributed by atoms with Crippen LogP contribution in [-0.2, 0) is 27.8 Å². The van der Waals surface area contributed by atoms with Crippen LogP contribution in [-0.4, -0.2) is 52.9 Å². The maximum Gasteiger partial charge on any atom is 0.263 e. The number of pyridine rings is 1. The highest BCUT2D eigenvalue weighted by Crippen LogP contribution is 2.41. The second-order valence-corrected chi connectivity index (χ2v) is 10.8. The molecule has 1 amide bonds. The Morgan fingerprint density at radius 3 is 2.62 bits per heavy atom. The number of fused-ring (bicyclic) bond motifs is 1. The quantitative estimate of drug-likeness (QED) is 0.561. The van der Waals surface area contributed by atoms with Crippen LogP contribution in [0.4, 0.5) is 10.2 Å². The van der Waals surface area contributed by atoms with E-state index in [4.69, 9.17) is 0 Å². The number of hydrogen-bond acceptors (Lipinski definition) is 5. The number of sulfonamides is 1. The Hall–Kier alpha value is -3.37. The van der Waals surface area contributed by atoms with Crippen molar-refractivity contribution in [1.29, 1.82) is 0 Å². The fourth-order valence-corrected chi connectivity index (χ4v) is 4.92. The highest BCUT2D eigenvalue weighted by molar-refractivity contribution is 7.88. The van der Waals surface area contributed by atoms with Gasteiger partial charge in [0.05, 0.1) is 25.0 Å². The van der Waals surface area contributed by atoms with Crippen LogP contribution in [0.1, 0.15) is 40.0 Å². The number of anilines is 1. The van der Waals surface area contributed by atoms with Crippen LogP contribution >= 0.6 is 0 Å². The number of Topliss-reactive ketones (excluding diaryl/α,β-unsaturated/α-hetero) is 1. The van der Waals surface area contributed by atoms with Crippen molar-refractivity contribution < 1.29 is 22.4 Å². The number of carbonyl (C=O) groups excluding carboxylic acids is 2. The summed E-state index contributed by atoms with van der Waals surface area (Å²) >= 11 is 0. The van der Waals surface area contributed by atoms with Gasteiger partial charge in [-0.15, -0.1) is 0 Å². The number of H-pyrrole nitrogens is 1. The SMILES string of the molecule is CS(=O)(=O)N1CC(=O)c2c([nH]c(-c3ccnc(NC(=O)C4(F)CC4)c3)c2Cc2ccccc2)C1. The summed E-state index contributed by atoms with van der Waals surface area (Å²) in [4.78, 5) is 32.6. The zero-order valence-corrected chi connectivity index (χ0v) is 19.3. The fraction of sp³-hybridized carbons (Fsp3) is 0.292. The van der Waals surface area contributed by atoms with Gasteiger partial charge >= 0.3 is 0 Å². The maximum absolute atomic E-state index is 14.1. The summed E-state index contributed by atoms with van der Waals surface area (Å²) in [5.41, 5.74) is 2.19. The number of carbonyl (C=O) groups is 2. The largest absolute Gasteiger partial charge is 0.356 e. The van der Waals surface area contributed by atoms with E-state index in [1.165, 1.54) is 6.20 Å². The number of nitrogens with zero attached hydrogens (tertiary/aromatic N) is 2. The molecule has 0 saturated heterocycles. The standard InChI is InChI=1S/C24H23FN4O4S/c1-34(32,33)29-13-18-21(19(30)14-29)17(11-15-5-3-2-4-6-15)22(27-18)16-7-10-26-20(12-16)28-23(31)24(25)8-9-24/h2-7,10,12,27H,8-9,11,13-14H2,1H3,(H,26,28,31). The normalized spacial score (nSPS) is 17.3. The second-order valence-electron chi connectivity index (χ2n) is 8.80. The lowest BCUT2D eigenvalue weighted by atomic mass is 9.94. The monoisotopic (exact) mass is 482 g/mol. The molecule has 1 saturated carbocycles. The van der Waals surface area contributed by atoms with Crippen LogP contribution < -0.4 is 5.32 Å². The van der Waals surface area contributed by atoms with E-state index in [9.17, 15) is 22.4 Å². The first kappa shape index (κ1) is 22.4. The number of amides is 1. The van der Waals surface area contributed by atoms with Crippen LogP contribution in [0.2, 0.25) is 0 Å². The van der Waals surface area contributed by atoms with E-state index in [1.54, 1.807) is 12.1 Å². The molecule has 0 bridgehead atoms. The first-order chi connectivity index (χ1) is 16.1. The van der Waals surface area contributed by atoms with E-state index in [0.29, 0.717) is 28.9 Å². The van der Waals surface area contributed by atoms with Crippen LogP contribution in [0, 0.1) is 0 Å². The van der Waals surface area contributed by atoms with Gasteiger partial charge in [-0.2, -0.15) is 4.31 Å². The molecule has 3 aromatic rings. The van der Waals surface area contributed by atoms with Gasteiger partial charge in [0, 0.05) is 29.4 Å². The fourth-order valence-electron chi connectivity index (χ4n) is 4.20. The van der Waals surface area contributed by atoms with Crippen molar-refractivity contribution in [2.45, 2.75) is 31.5 Å². The Morgan fingerprint density at radius 2 is 1.94 bits per heavy atom. The lowest BCUT2D eigenvalue weighted by Gasteiger charge is -2.24. The molecule has 2 N–H and O–H groups in total. The first-order valence-corrected chi connectivity index (χ1v) is 12.7. The summed E-state index contributed by atoms with van der Waals surface area (Å²) in [7, 11) is -3.56. The summed E-state index contributed by atoms with van der Waals surface area (Å²) in [6, 6.07) is 13.0. The third-order valence-electron chi connectivity index (χ3n) is 6.19. The molecule has 0 atom stereocenters. The van der Waals surface area contributed by atoms with Crippen LogP contribution in [0.25, 0.3) is 11.3 Å². The highest BCUT2D eigenvalue weighted by Gasteiger charge is 2.51. The number of aromatic nitrogens is 2. The molecule has 8 nitrogen and oxygen atoms in total. The van der Waals surface area contributed by atoms with Gasteiger partial charge in [0.2, 0.25) is 10.0 Å². The first-order valence-electron chi connectivity index (χ1n) is 10.9. The lowest BCUT2D eigenvalue weighted by Crippen LogP contribution is -2.38. The smallest absolute Gasteiger partial charge is 0.263 e. The zero-order chi connectivity index (χ0) is 24.1. The van der Waals surface area contributed by atoms with Gasteiger partial charge in [0.1, 0.15) is 5.82 Å². The molecule has 1 aliphatic carbocycles.